The van der Waals surface area contributed by atoms with Gasteiger partial charge in [0, 0.05) is 12.6 Å². The van der Waals surface area contributed by atoms with Crippen LogP contribution in [-0.4, -0.2) is 17.9 Å². The zero-order valence-corrected chi connectivity index (χ0v) is 12.2. The van der Waals surface area contributed by atoms with Crippen LogP contribution >= 0.6 is 0 Å². The molecule has 0 aliphatic heterocycles. The van der Waals surface area contributed by atoms with Gasteiger partial charge in [-0.3, -0.25) is 4.79 Å². The third kappa shape index (κ3) is 3.27. The van der Waals surface area contributed by atoms with E-state index in [1.54, 1.807) is 31.0 Å². The lowest BCUT2D eigenvalue weighted by molar-refractivity contribution is 0.0742. The molecule has 0 saturated carbocycles. The van der Waals surface area contributed by atoms with Crippen LogP contribution in [0.4, 0.5) is 8.78 Å². The predicted octanol–water partition coefficient (Wildman–Crippen LogP) is 4.11. The summed E-state index contributed by atoms with van der Waals surface area (Å²) in [6.45, 7) is 3.57. The molecule has 0 saturated heterocycles. The lowest BCUT2D eigenvalue weighted by atomic mass is 10.0. The third-order valence-corrected chi connectivity index (χ3v) is 3.67. The van der Waals surface area contributed by atoms with Gasteiger partial charge in [-0.1, -0.05) is 12.1 Å². The molecule has 110 valence electrons. The monoisotopic (exact) mass is 289 g/mol. The first kappa shape index (κ1) is 15.2. The van der Waals surface area contributed by atoms with E-state index in [1.807, 2.05) is 6.92 Å². The second kappa shape index (κ2) is 6.04. The minimum atomic E-state index is -0.363. The Balaban J connectivity index is 2.24. The van der Waals surface area contributed by atoms with E-state index >= 15 is 0 Å². The van der Waals surface area contributed by atoms with Crippen molar-refractivity contribution in [2.24, 2.45) is 0 Å². The first-order chi connectivity index (χ1) is 9.90. The Kier molecular flexibility index (Phi) is 4.36. The zero-order valence-electron chi connectivity index (χ0n) is 12.2. The molecular weight excluding hydrogens is 272 g/mol. The van der Waals surface area contributed by atoms with E-state index in [2.05, 4.69) is 0 Å². The fourth-order valence-corrected chi connectivity index (χ4v) is 2.20. The molecule has 0 N–H and O–H groups in total. The van der Waals surface area contributed by atoms with Crippen molar-refractivity contribution < 1.29 is 13.6 Å². The molecule has 4 heteroatoms. The number of amides is 1. The fraction of sp³-hybridized carbons (Fsp3) is 0.235. The number of rotatable bonds is 3. The molecule has 1 amide bonds. The Bertz CT molecular complexity index is 652. The first-order valence-corrected chi connectivity index (χ1v) is 6.69. The van der Waals surface area contributed by atoms with E-state index < -0.39 is 0 Å². The van der Waals surface area contributed by atoms with E-state index in [-0.39, 0.29) is 23.6 Å². The largest absolute Gasteiger partial charge is 0.335 e. The normalized spacial score (nSPS) is 12.0. The average Bonchev–Trinajstić information content (AvgIpc) is 2.46. The van der Waals surface area contributed by atoms with E-state index in [9.17, 15) is 13.6 Å². The highest BCUT2D eigenvalue weighted by atomic mass is 19.1. The molecule has 0 heterocycles. The van der Waals surface area contributed by atoms with Crippen LogP contribution in [0.15, 0.2) is 42.5 Å². The molecule has 1 unspecified atom stereocenters. The number of hydrogen-bond donors (Lipinski definition) is 0. The minimum absolute atomic E-state index is 0.190. The number of benzene rings is 2. The molecule has 0 aliphatic rings. The molecule has 0 fully saturated rings. The van der Waals surface area contributed by atoms with Crippen molar-refractivity contribution in [3.8, 4) is 0 Å². The molecule has 21 heavy (non-hydrogen) atoms. The van der Waals surface area contributed by atoms with E-state index in [1.165, 1.54) is 30.3 Å². The number of hydrogen-bond acceptors (Lipinski definition) is 1. The second-order valence-electron chi connectivity index (χ2n) is 5.10. The van der Waals surface area contributed by atoms with Gasteiger partial charge in [0.15, 0.2) is 0 Å². The van der Waals surface area contributed by atoms with E-state index in [0.717, 1.165) is 5.56 Å². The molecule has 0 aromatic heterocycles. The molecule has 2 nitrogen and oxygen atoms in total. The first-order valence-electron chi connectivity index (χ1n) is 6.69. The summed E-state index contributed by atoms with van der Waals surface area (Å²) >= 11 is 0. The highest BCUT2D eigenvalue weighted by Crippen LogP contribution is 2.22. The van der Waals surface area contributed by atoms with Gasteiger partial charge < -0.3 is 4.90 Å². The number of halogens is 2. The van der Waals surface area contributed by atoms with Crippen LogP contribution in [0.3, 0.4) is 0 Å². The summed E-state index contributed by atoms with van der Waals surface area (Å²) in [5.74, 6) is -0.864. The fourth-order valence-electron chi connectivity index (χ4n) is 2.20. The summed E-state index contributed by atoms with van der Waals surface area (Å²) in [5, 5.41) is 0. The smallest absolute Gasteiger partial charge is 0.254 e. The summed E-state index contributed by atoms with van der Waals surface area (Å²) in [5.41, 5.74) is 1.90. The van der Waals surface area contributed by atoms with Gasteiger partial charge in [-0.15, -0.1) is 0 Å². The van der Waals surface area contributed by atoms with Crippen LogP contribution in [0.2, 0.25) is 0 Å². The van der Waals surface area contributed by atoms with Gasteiger partial charge >= 0.3 is 0 Å². The van der Waals surface area contributed by atoms with Gasteiger partial charge in [0.2, 0.25) is 0 Å². The molecule has 2 aromatic rings. The molecular formula is C17H17F2NO. The molecule has 0 aliphatic carbocycles. The Labute approximate surface area is 123 Å². The zero-order chi connectivity index (χ0) is 15.6. The van der Waals surface area contributed by atoms with Gasteiger partial charge in [0.1, 0.15) is 11.6 Å². The van der Waals surface area contributed by atoms with Gasteiger partial charge in [-0.2, -0.15) is 0 Å². The Hall–Kier alpha value is -2.23. The number of aryl methyl sites for hydroxylation is 1. The van der Waals surface area contributed by atoms with Crippen LogP contribution in [-0.2, 0) is 0 Å². The van der Waals surface area contributed by atoms with Crippen LogP contribution in [0.5, 0.6) is 0 Å². The van der Waals surface area contributed by atoms with Crippen molar-refractivity contribution in [2.45, 2.75) is 19.9 Å². The minimum Gasteiger partial charge on any atom is -0.335 e. The maximum atomic E-state index is 13.1. The predicted molar refractivity (Wildman–Crippen MR) is 78.0 cm³/mol. The van der Waals surface area contributed by atoms with E-state index in [4.69, 9.17) is 0 Å². The average molecular weight is 289 g/mol. The molecule has 2 aromatic carbocycles. The Morgan fingerprint density at radius 2 is 1.62 bits per heavy atom. The van der Waals surface area contributed by atoms with Crippen molar-refractivity contribution in [1.29, 1.82) is 0 Å². The molecule has 0 bridgehead atoms. The number of carbonyl (C=O) groups excluding carboxylic acids is 1. The topological polar surface area (TPSA) is 20.3 Å². The maximum absolute atomic E-state index is 13.1. The summed E-state index contributed by atoms with van der Waals surface area (Å²) in [6, 6.07) is 9.94. The van der Waals surface area contributed by atoms with Crippen LogP contribution in [0.1, 0.15) is 34.5 Å². The summed E-state index contributed by atoms with van der Waals surface area (Å²) in [4.78, 5) is 14.1. The third-order valence-electron chi connectivity index (χ3n) is 3.67. The summed E-state index contributed by atoms with van der Waals surface area (Å²) in [6.07, 6.45) is 0. The van der Waals surface area contributed by atoms with Crippen molar-refractivity contribution in [3.63, 3.8) is 0 Å². The van der Waals surface area contributed by atoms with E-state index in [0.29, 0.717) is 11.1 Å². The van der Waals surface area contributed by atoms with Crippen LogP contribution in [0.25, 0.3) is 0 Å². The standard InChI is InChI=1S/C17H17F2NO/c1-11-10-15(19)8-9-16(11)17(21)20(3)12(2)13-4-6-14(18)7-5-13/h4-10,12H,1-3H3. The highest BCUT2D eigenvalue weighted by Gasteiger charge is 2.20. The number of nitrogens with zero attached hydrogens (tertiary/aromatic N) is 1. The molecule has 1 atom stereocenters. The molecule has 0 radical (unpaired) electrons. The maximum Gasteiger partial charge on any atom is 0.254 e. The summed E-state index contributed by atoms with van der Waals surface area (Å²) in [7, 11) is 1.68. The van der Waals surface area contributed by atoms with Gasteiger partial charge in [0.05, 0.1) is 6.04 Å². The van der Waals surface area contributed by atoms with Gasteiger partial charge in [-0.05, 0) is 55.3 Å². The quantitative estimate of drug-likeness (QED) is 0.833. The second-order valence-corrected chi connectivity index (χ2v) is 5.10. The highest BCUT2D eigenvalue weighted by molar-refractivity contribution is 5.95. The molecule has 2 rings (SSSR count). The molecule has 0 spiro atoms. The summed E-state index contributed by atoms with van der Waals surface area (Å²) < 4.78 is 26.1. The van der Waals surface area contributed by atoms with Gasteiger partial charge in [0.25, 0.3) is 5.91 Å². The van der Waals surface area contributed by atoms with Crippen molar-refractivity contribution >= 4 is 5.91 Å². The van der Waals surface area contributed by atoms with Crippen LogP contribution in [0, 0.1) is 18.6 Å². The Morgan fingerprint density at radius 1 is 1.05 bits per heavy atom. The van der Waals surface area contributed by atoms with Crippen molar-refractivity contribution in [3.05, 3.63) is 70.8 Å². The van der Waals surface area contributed by atoms with Crippen LogP contribution < -0.4 is 0 Å². The SMILES string of the molecule is Cc1cc(F)ccc1C(=O)N(C)C(C)c1ccc(F)cc1. The lowest BCUT2D eigenvalue weighted by Gasteiger charge is -2.26. The number of carbonyl (C=O) groups is 1. The van der Waals surface area contributed by atoms with Crippen molar-refractivity contribution in [1.82, 2.24) is 4.90 Å². The van der Waals surface area contributed by atoms with Crippen molar-refractivity contribution in [2.75, 3.05) is 7.05 Å². The Morgan fingerprint density at radius 3 is 2.19 bits per heavy atom. The lowest BCUT2D eigenvalue weighted by Crippen LogP contribution is -2.30. The van der Waals surface area contributed by atoms with Gasteiger partial charge in [-0.25, -0.2) is 8.78 Å².